The average molecular weight is 283 g/mol. The highest BCUT2D eigenvalue weighted by molar-refractivity contribution is 5.28. The fourth-order valence-corrected chi connectivity index (χ4v) is 1.89. The molecule has 1 rings (SSSR count). The van der Waals surface area contributed by atoms with Crippen molar-refractivity contribution in [3.05, 3.63) is 11.9 Å². The van der Waals surface area contributed by atoms with E-state index in [1.165, 1.54) is 0 Å². The molecule has 0 saturated heterocycles. The van der Waals surface area contributed by atoms with E-state index in [0.717, 1.165) is 57.4 Å². The molecule has 0 aliphatic rings. The molecule has 0 saturated carbocycles. The molecule has 0 amide bonds. The van der Waals surface area contributed by atoms with Crippen molar-refractivity contribution in [3.63, 3.8) is 0 Å². The number of ether oxygens (including phenoxy) is 2. The SMILES string of the molecule is COCCCn1cc(C)nc1NCCOCCC(C)C. The van der Waals surface area contributed by atoms with Crippen LogP contribution < -0.4 is 5.32 Å². The van der Waals surface area contributed by atoms with Crippen molar-refractivity contribution in [1.29, 1.82) is 0 Å². The van der Waals surface area contributed by atoms with Crippen LogP contribution in [0, 0.1) is 12.8 Å². The van der Waals surface area contributed by atoms with E-state index in [9.17, 15) is 0 Å². The molecule has 5 heteroatoms. The Kier molecular flexibility index (Phi) is 8.30. The van der Waals surface area contributed by atoms with Gasteiger partial charge in [-0.05, 0) is 25.7 Å². The van der Waals surface area contributed by atoms with Gasteiger partial charge >= 0.3 is 0 Å². The summed E-state index contributed by atoms with van der Waals surface area (Å²) in [6.45, 7) is 10.5. The van der Waals surface area contributed by atoms with Crippen molar-refractivity contribution < 1.29 is 9.47 Å². The Morgan fingerprint density at radius 3 is 2.80 bits per heavy atom. The zero-order valence-electron chi connectivity index (χ0n) is 13.3. The summed E-state index contributed by atoms with van der Waals surface area (Å²) >= 11 is 0. The third kappa shape index (κ3) is 6.91. The maximum Gasteiger partial charge on any atom is 0.203 e. The Bertz CT molecular complexity index is 364. The Hall–Kier alpha value is -1.07. The standard InChI is InChI=1S/C15H29N3O2/c1-13(2)6-10-20-11-7-16-15-17-14(3)12-18(15)8-5-9-19-4/h12-13H,5-11H2,1-4H3,(H,16,17). The molecule has 1 N–H and O–H groups in total. The number of aryl methyl sites for hydroxylation is 2. The zero-order chi connectivity index (χ0) is 14.8. The molecule has 0 bridgehead atoms. The Morgan fingerprint density at radius 2 is 2.10 bits per heavy atom. The molecule has 1 aromatic rings. The number of methoxy groups -OCH3 is 1. The van der Waals surface area contributed by atoms with Gasteiger partial charge in [-0.3, -0.25) is 0 Å². The molecule has 0 atom stereocenters. The van der Waals surface area contributed by atoms with E-state index < -0.39 is 0 Å². The summed E-state index contributed by atoms with van der Waals surface area (Å²) in [5, 5.41) is 3.34. The van der Waals surface area contributed by atoms with Crippen molar-refractivity contribution in [2.75, 3.05) is 38.8 Å². The monoisotopic (exact) mass is 283 g/mol. The van der Waals surface area contributed by atoms with E-state index in [-0.39, 0.29) is 0 Å². The van der Waals surface area contributed by atoms with Crippen molar-refractivity contribution in [3.8, 4) is 0 Å². The van der Waals surface area contributed by atoms with E-state index >= 15 is 0 Å². The molecular formula is C15H29N3O2. The van der Waals surface area contributed by atoms with Crippen LogP contribution >= 0.6 is 0 Å². The predicted octanol–water partition coefficient (Wildman–Crippen LogP) is 2.70. The average Bonchev–Trinajstić information content (AvgIpc) is 2.74. The van der Waals surface area contributed by atoms with Gasteiger partial charge in [-0.15, -0.1) is 0 Å². The molecule has 0 radical (unpaired) electrons. The van der Waals surface area contributed by atoms with E-state index in [1.54, 1.807) is 7.11 Å². The van der Waals surface area contributed by atoms with Crippen LogP contribution in [0.3, 0.4) is 0 Å². The smallest absolute Gasteiger partial charge is 0.203 e. The lowest BCUT2D eigenvalue weighted by Crippen LogP contribution is -2.14. The van der Waals surface area contributed by atoms with Crippen LogP contribution in [0.15, 0.2) is 6.20 Å². The van der Waals surface area contributed by atoms with E-state index in [4.69, 9.17) is 9.47 Å². The molecule has 1 aromatic heterocycles. The number of hydrogen-bond acceptors (Lipinski definition) is 4. The fourth-order valence-electron chi connectivity index (χ4n) is 1.89. The first-order chi connectivity index (χ1) is 9.63. The molecule has 0 fully saturated rings. The molecular weight excluding hydrogens is 254 g/mol. The zero-order valence-corrected chi connectivity index (χ0v) is 13.3. The lowest BCUT2D eigenvalue weighted by Gasteiger charge is -2.10. The molecule has 1 heterocycles. The predicted molar refractivity (Wildman–Crippen MR) is 82.2 cm³/mol. The van der Waals surface area contributed by atoms with Gasteiger partial charge in [-0.25, -0.2) is 4.98 Å². The summed E-state index contributed by atoms with van der Waals surface area (Å²) < 4.78 is 12.8. The second-order valence-electron chi connectivity index (χ2n) is 5.47. The summed E-state index contributed by atoms with van der Waals surface area (Å²) in [5.41, 5.74) is 1.03. The van der Waals surface area contributed by atoms with Gasteiger partial charge in [0, 0.05) is 39.6 Å². The van der Waals surface area contributed by atoms with Crippen LogP contribution in [0.25, 0.3) is 0 Å². The highest BCUT2D eigenvalue weighted by Crippen LogP contribution is 2.09. The van der Waals surface area contributed by atoms with Gasteiger partial charge in [0.15, 0.2) is 0 Å². The van der Waals surface area contributed by atoms with Gasteiger partial charge in [-0.1, -0.05) is 13.8 Å². The van der Waals surface area contributed by atoms with Crippen LogP contribution in [-0.2, 0) is 16.0 Å². The molecule has 0 unspecified atom stereocenters. The Morgan fingerprint density at radius 1 is 1.30 bits per heavy atom. The van der Waals surface area contributed by atoms with Crippen LogP contribution in [0.4, 0.5) is 5.95 Å². The Balaban J connectivity index is 2.24. The third-order valence-electron chi connectivity index (χ3n) is 3.01. The minimum absolute atomic E-state index is 0.699. The van der Waals surface area contributed by atoms with Gasteiger partial charge < -0.3 is 19.4 Å². The van der Waals surface area contributed by atoms with Crippen LogP contribution in [-0.4, -0.2) is 43.0 Å². The van der Waals surface area contributed by atoms with E-state index in [2.05, 4.69) is 34.9 Å². The molecule has 0 aliphatic carbocycles. The van der Waals surface area contributed by atoms with E-state index in [0.29, 0.717) is 5.92 Å². The summed E-state index contributed by atoms with van der Waals surface area (Å²) in [6.07, 6.45) is 4.17. The van der Waals surface area contributed by atoms with Gasteiger partial charge in [0.25, 0.3) is 0 Å². The lowest BCUT2D eigenvalue weighted by molar-refractivity contribution is 0.132. The Labute approximate surface area is 122 Å². The molecule has 0 aliphatic heterocycles. The first-order valence-corrected chi connectivity index (χ1v) is 7.47. The van der Waals surface area contributed by atoms with E-state index in [1.807, 2.05) is 6.92 Å². The summed E-state index contributed by atoms with van der Waals surface area (Å²) in [5.74, 6) is 1.62. The number of aromatic nitrogens is 2. The van der Waals surface area contributed by atoms with Gasteiger partial charge in [-0.2, -0.15) is 0 Å². The molecule has 5 nitrogen and oxygen atoms in total. The minimum atomic E-state index is 0.699. The fraction of sp³-hybridized carbons (Fsp3) is 0.800. The molecule has 0 aromatic carbocycles. The number of anilines is 1. The quantitative estimate of drug-likeness (QED) is 0.634. The summed E-state index contributed by atoms with van der Waals surface area (Å²) in [7, 11) is 1.73. The van der Waals surface area contributed by atoms with Crippen molar-refractivity contribution >= 4 is 5.95 Å². The largest absolute Gasteiger partial charge is 0.385 e. The summed E-state index contributed by atoms with van der Waals surface area (Å²) in [6, 6.07) is 0. The number of nitrogens with one attached hydrogen (secondary N) is 1. The maximum atomic E-state index is 5.59. The highest BCUT2D eigenvalue weighted by atomic mass is 16.5. The van der Waals surface area contributed by atoms with Crippen molar-refractivity contribution in [2.24, 2.45) is 5.92 Å². The first-order valence-electron chi connectivity index (χ1n) is 7.47. The maximum absolute atomic E-state index is 5.59. The number of nitrogens with zero attached hydrogens (tertiary/aromatic N) is 2. The normalized spacial score (nSPS) is 11.2. The number of hydrogen-bond donors (Lipinski definition) is 1. The number of rotatable bonds is 11. The van der Waals surface area contributed by atoms with Crippen molar-refractivity contribution in [2.45, 2.75) is 40.2 Å². The van der Waals surface area contributed by atoms with Crippen molar-refractivity contribution in [1.82, 2.24) is 9.55 Å². The molecule has 20 heavy (non-hydrogen) atoms. The molecule has 116 valence electrons. The third-order valence-corrected chi connectivity index (χ3v) is 3.01. The van der Waals surface area contributed by atoms with Crippen LogP contribution in [0.2, 0.25) is 0 Å². The molecule has 0 spiro atoms. The topological polar surface area (TPSA) is 48.3 Å². The van der Waals surface area contributed by atoms with Crippen LogP contribution in [0.5, 0.6) is 0 Å². The minimum Gasteiger partial charge on any atom is -0.385 e. The lowest BCUT2D eigenvalue weighted by atomic mass is 10.1. The van der Waals surface area contributed by atoms with Gasteiger partial charge in [0.2, 0.25) is 5.95 Å². The van der Waals surface area contributed by atoms with Crippen LogP contribution in [0.1, 0.15) is 32.4 Å². The summed E-state index contributed by atoms with van der Waals surface area (Å²) in [4.78, 5) is 4.49. The second-order valence-corrected chi connectivity index (χ2v) is 5.47. The number of imidazole rings is 1. The second kappa shape index (κ2) is 9.77. The first kappa shape index (κ1) is 17.0. The van der Waals surface area contributed by atoms with Gasteiger partial charge in [0.1, 0.15) is 0 Å². The van der Waals surface area contributed by atoms with Gasteiger partial charge in [0.05, 0.1) is 12.3 Å². The highest BCUT2D eigenvalue weighted by Gasteiger charge is 2.04.